The van der Waals surface area contributed by atoms with E-state index in [2.05, 4.69) is 11.8 Å². The first kappa shape index (κ1) is 14.1. The van der Waals surface area contributed by atoms with Gasteiger partial charge in [0, 0.05) is 19.5 Å². The fraction of sp³-hybridized carbons (Fsp3) is 0.533. The van der Waals surface area contributed by atoms with E-state index in [0.717, 1.165) is 25.6 Å². The molecule has 104 valence electrons. The summed E-state index contributed by atoms with van der Waals surface area (Å²) in [4.78, 5) is 14.1. The Hall–Kier alpha value is -1.29. The SMILES string of the molecule is CCC1CCN(CCC(=O)c2cccc(F)c2F)C1. The molecule has 19 heavy (non-hydrogen) atoms. The molecule has 4 heteroatoms. The lowest BCUT2D eigenvalue weighted by atomic mass is 10.1. The maximum Gasteiger partial charge on any atom is 0.169 e. The average molecular weight is 267 g/mol. The molecule has 0 bridgehead atoms. The molecule has 1 fully saturated rings. The van der Waals surface area contributed by atoms with Crippen molar-refractivity contribution in [2.75, 3.05) is 19.6 Å². The highest BCUT2D eigenvalue weighted by atomic mass is 19.2. The van der Waals surface area contributed by atoms with Gasteiger partial charge in [-0.1, -0.05) is 19.4 Å². The Labute approximate surface area is 112 Å². The van der Waals surface area contributed by atoms with E-state index in [1.807, 2.05) is 0 Å². The van der Waals surface area contributed by atoms with E-state index >= 15 is 0 Å². The van der Waals surface area contributed by atoms with Crippen LogP contribution in [-0.2, 0) is 0 Å². The summed E-state index contributed by atoms with van der Waals surface area (Å²) in [7, 11) is 0. The number of carbonyl (C=O) groups is 1. The summed E-state index contributed by atoms with van der Waals surface area (Å²) >= 11 is 0. The van der Waals surface area contributed by atoms with Gasteiger partial charge >= 0.3 is 0 Å². The number of likely N-dealkylation sites (tertiary alicyclic amines) is 1. The minimum absolute atomic E-state index is 0.133. The molecule has 0 aliphatic carbocycles. The van der Waals surface area contributed by atoms with Gasteiger partial charge in [0.05, 0.1) is 5.56 Å². The highest BCUT2D eigenvalue weighted by Gasteiger charge is 2.22. The van der Waals surface area contributed by atoms with Gasteiger partial charge in [-0.15, -0.1) is 0 Å². The summed E-state index contributed by atoms with van der Waals surface area (Å²) < 4.78 is 26.5. The minimum atomic E-state index is -1.03. The molecule has 1 aliphatic heterocycles. The average Bonchev–Trinajstić information content (AvgIpc) is 2.87. The maximum atomic E-state index is 13.5. The predicted octanol–water partition coefficient (Wildman–Crippen LogP) is 3.27. The lowest BCUT2D eigenvalue weighted by Crippen LogP contribution is -2.24. The third-order valence-electron chi connectivity index (χ3n) is 3.85. The number of halogens is 2. The minimum Gasteiger partial charge on any atom is -0.303 e. The molecule has 0 saturated carbocycles. The highest BCUT2D eigenvalue weighted by Crippen LogP contribution is 2.20. The van der Waals surface area contributed by atoms with Crippen LogP contribution in [-0.4, -0.2) is 30.3 Å². The van der Waals surface area contributed by atoms with Gasteiger partial charge in [0.1, 0.15) is 0 Å². The molecule has 1 heterocycles. The molecule has 1 atom stereocenters. The Bertz CT molecular complexity index is 461. The first-order chi connectivity index (χ1) is 9.11. The first-order valence-electron chi connectivity index (χ1n) is 6.81. The summed E-state index contributed by atoms with van der Waals surface area (Å²) in [6, 6.07) is 3.74. The Balaban J connectivity index is 1.90. The van der Waals surface area contributed by atoms with E-state index in [4.69, 9.17) is 0 Å². The van der Waals surface area contributed by atoms with Gasteiger partial charge in [-0.2, -0.15) is 0 Å². The summed E-state index contributed by atoms with van der Waals surface area (Å²) in [6.45, 7) is 4.81. The van der Waals surface area contributed by atoms with Crippen LogP contribution in [0.3, 0.4) is 0 Å². The van der Waals surface area contributed by atoms with Crippen LogP contribution in [0.15, 0.2) is 18.2 Å². The fourth-order valence-electron chi connectivity index (χ4n) is 2.56. The standard InChI is InChI=1S/C15H19F2NO/c1-2-11-6-8-18(10-11)9-7-14(19)12-4-3-5-13(16)15(12)17/h3-5,11H,2,6-10H2,1H3. The molecule has 0 N–H and O–H groups in total. The van der Waals surface area contributed by atoms with Crippen LogP contribution in [0.5, 0.6) is 0 Å². The molecule has 1 unspecified atom stereocenters. The number of hydrogen-bond acceptors (Lipinski definition) is 2. The Morgan fingerprint density at radius 2 is 2.21 bits per heavy atom. The smallest absolute Gasteiger partial charge is 0.169 e. The summed E-state index contributed by atoms with van der Waals surface area (Å²) in [5.74, 6) is -1.60. The van der Waals surface area contributed by atoms with E-state index in [1.54, 1.807) is 0 Å². The van der Waals surface area contributed by atoms with Gasteiger partial charge in [-0.25, -0.2) is 8.78 Å². The van der Waals surface area contributed by atoms with Crippen molar-refractivity contribution in [3.63, 3.8) is 0 Å². The first-order valence-corrected chi connectivity index (χ1v) is 6.81. The zero-order valence-electron chi connectivity index (χ0n) is 11.2. The van der Waals surface area contributed by atoms with Crippen molar-refractivity contribution < 1.29 is 13.6 Å². The summed E-state index contributed by atoms with van der Waals surface area (Å²) in [6.07, 6.45) is 2.57. The van der Waals surface area contributed by atoms with E-state index in [-0.39, 0.29) is 17.8 Å². The molecular weight excluding hydrogens is 248 g/mol. The van der Waals surface area contributed by atoms with E-state index in [1.165, 1.54) is 18.6 Å². The van der Waals surface area contributed by atoms with Crippen molar-refractivity contribution in [3.8, 4) is 0 Å². The van der Waals surface area contributed by atoms with Gasteiger partial charge in [0.15, 0.2) is 17.4 Å². The van der Waals surface area contributed by atoms with Gasteiger partial charge in [-0.05, 0) is 31.0 Å². The fourth-order valence-corrected chi connectivity index (χ4v) is 2.56. The van der Waals surface area contributed by atoms with Gasteiger partial charge in [-0.3, -0.25) is 4.79 Å². The zero-order chi connectivity index (χ0) is 13.8. The zero-order valence-corrected chi connectivity index (χ0v) is 11.2. The third-order valence-corrected chi connectivity index (χ3v) is 3.85. The second kappa shape index (κ2) is 6.24. The van der Waals surface area contributed by atoms with Crippen molar-refractivity contribution in [2.24, 2.45) is 5.92 Å². The molecular formula is C15H19F2NO. The van der Waals surface area contributed by atoms with E-state index in [9.17, 15) is 13.6 Å². The molecule has 1 aliphatic rings. The Morgan fingerprint density at radius 3 is 2.89 bits per heavy atom. The molecule has 0 spiro atoms. The number of hydrogen-bond donors (Lipinski definition) is 0. The largest absolute Gasteiger partial charge is 0.303 e. The van der Waals surface area contributed by atoms with Crippen molar-refractivity contribution in [1.29, 1.82) is 0 Å². The lowest BCUT2D eigenvalue weighted by Gasteiger charge is -2.15. The Kier molecular flexibility index (Phi) is 4.64. The quantitative estimate of drug-likeness (QED) is 0.763. The number of nitrogens with zero attached hydrogens (tertiary/aromatic N) is 1. The van der Waals surface area contributed by atoms with Crippen LogP contribution < -0.4 is 0 Å². The topological polar surface area (TPSA) is 20.3 Å². The molecule has 0 radical (unpaired) electrons. The third kappa shape index (κ3) is 3.38. The van der Waals surface area contributed by atoms with Crippen molar-refractivity contribution in [2.45, 2.75) is 26.2 Å². The predicted molar refractivity (Wildman–Crippen MR) is 70.1 cm³/mol. The second-order valence-corrected chi connectivity index (χ2v) is 5.14. The van der Waals surface area contributed by atoms with Gasteiger partial charge in [0.25, 0.3) is 0 Å². The number of carbonyl (C=O) groups excluding carboxylic acids is 1. The molecule has 0 amide bonds. The number of Topliss-reactive ketones (excluding diaryl/α,β-unsaturated/α-hetero) is 1. The van der Waals surface area contributed by atoms with Crippen LogP contribution in [0.2, 0.25) is 0 Å². The van der Waals surface area contributed by atoms with Crippen LogP contribution in [0.25, 0.3) is 0 Å². The molecule has 2 rings (SSSR count). The van der Waals surface area contributed by atoms with Crippen molar-refractivity contribution in [1.82, 2.24) is 4.90 Å². The molecule has 0 aromatic heterocycles. The lowest BCUT2D eigenvalue weighted by molar-refractivity contribution is 0.0963. The van der Waals surface area contributed by atoms with E-state index in [0.29, 0.717) is 12.5 Å². The molecule has 2 nitrogen and oxygen atoms in total. The number of rotatable bonds is 5. The summed E-state index contributed by atoms with van der Waals surface area (Å²) in [5.41, 5.74) is -0.133. The van der Waals surface area contributed by atoms with Crippen LogP contribution in [0.4, 0.5) is 8.78 Å². The monoisotopic (exact) mass is 267 g/mol. The molecule has 1 saturated heterocycles. The molecule has 1 aromatic carbocycles. The van der Waals surface area contributed by atoms with Crippen molar-refractivity contribution in [3.05, 3.63) is 35.4 Å². The van der Waals surface area contributed by atoms with Crippen LogP contribution in [0, 0.1) is 17.6 Å². The van der Waals surface area contributed by atoms with Crippen molar-refractivity contribution >= 4 is 5.78 Å². The van der Waals surface area contributed by atoms with Crippen LogP contribution in [0.1, 0.15) is 36.5 Å². The number of benzene rings is 1. The number of ketones is 1. The van der Waals surface area contributed by atoms with E-state index < -0.39 is 11.6 Å². The van der Waals surface area contributed by atoms with Gasteiger partial charge < -0.3 is 4.90 Å². The second-order valence-electron chi connectivity index (χ2n) is 5.14. The Morgan fingerprint density at radius 1 is 1.42 bits per heavy atom. The summed E-state index contributed by atoms with van der Waals surface area (Å²) in [5, 5.41) is 0. The maximum absolute atomic E-state index is 13.5. The van der Waals surface area contributed by atoms with Crippen LogP contribution >= 0.6 is 0 Å². The van der Waals surface area contributed by atoms with Gasteiger partial charge in [0.2, 0.25) is 0 Å². The normalized spacial score (nSPS) is 19.8. The highest BCUT2D eigenvalue weighted by molar-refractivity contribution is 5.96. The molecule has 1 aromatic rings.